The number of nitrogens with zero attached hydrogens (tertiary/aromatic N) is 2. The van der Waals surface area contributed by atoms with E-state index < -0.39 is 11.4 Å². The van der Waals surface area contributed by atoms with Crippen LogP contribution in [0.4, 0.5) is 0 Å². The van der Waals surface area contributed by atoms with Crippen LogP contribution in [0.15, 0.2) is 30.3 Å². The number of hydrogen-bond donors (Lipinski definition) is 1. The Kier molecular flexibility index (Phi) is 5.30. The molecule has 0 aromatic heterocycles. The van der Waals surface area contributed by atoms with E-state index in [1.165, 1.54) is 0 Å². The Labute approximate surface area is 153 Å². The molecule has 26 heavy (non-hydrogen) atoms. The lowest BCUT2D eigenvalue weighted by atomic mass is 9.81. The second-order valence-electron chi connectivity index (χ2n) is 7.69. The highest BCUT2D eigenvalue weighted by molar-refractivity contribution is 5.94. The molecule has 2 heterocycles. The largest absolute Gasteiger partial charge is 0.481 e. The van der Waals surface area contributed by atoms with E-state index >= 15 is 0 Å². The molecule has 0 bridgehead atoms. The summed E-state index contributed by atoms with van der Waals surface area (Å²) in [4.78, 5) is 40.6. The number of carboxylic acid groups (broad SMARTS) is 1. The second kappa shape index (κ2) is 7.48. The number of rotatable bonds is 3. The molecule has 0 spiro atoms. The van der Waals surface area contributed by atoms with Gasteiger partial charge in [-0.1, -0.05) is 18.2 Å². The van der Waals surface area contributed by atoms with Crippen molar-refractivity contribution in [2.24, 2.45) is 11.3 Å². The van der Waals surface area contributed by atoms with Crippen LogP contribution in [0.5, 0.6) is 0 Å². The van der Waals surface area contributed by atoms with Gasteiger partial charge >= 0.3 is 5.97 Å². The van der Waals surface area contributed by atoms with Crippen LogP contribution >= 0.6 is 0 Å². The first-order chi connectivity index (χ1) is 12.4. The topological polar surface area (TPSA) is 77.9 Å². The number of carboxylic acids is 1. The maximum atomic E-state index is 13.0. The highest BCUT2D eigenvalue weighted by Gasteiger charge is 2.41. The van der Waals surface area contributed by atoms with Crippen molar-refractivity contribution in [1.82, 2.24) is 9.80 Å². The average molecular weight is 358 g/mol. The molecule has 0 aliphatic carbocycles. The van der Waals surface area contributed by atoms with Gasteiger partial charge in [-0.2, -0.15) is 0 Å². The van der Waals surface area contributed by atoms with Crippen LogP contribution in [0.25, 0.3) is 0 Å². The van der Waals surface area contributed by atoms with E-state index in [1.54, 1.807) is 28.9 Å². The molecule has 0 saturated carbocycles. The Morgan fingerprint density at radius 2 is 1.77 bits per heavy atom. The minimum atomic E-state index is -0.873. The van der Waals surface area contributed by atoms with Crippen molar-refractivity contribution in [3.8, 4) is 0 Å². The average Bonchev–Trinajstić information content (AvgIpc) is 2.67. The van der Waals surface area contributed by atoms with Gasteiger partial charge in [0.2, 0.25) is 5.91 Å². The van der Waals surface area contributed by atoms with Crippen LogP contribution in [0, 0.1) is 11.3 Å². The maximum Gasteiger partial charge on any atom is 0.311 e. The first-order valence-corrected chi connectivity index (χ1v) is 9.27. The normalized spacial score (nSPS) is 26.4. The van der Waals surface area contributed by atoms with E-state index in [0.29, 0.717) is 38.0 Å². The van der Waals surface area contributed by atoms with Gasteiger partial charge in [0.1, 0.15) is 0 Å². The number of amides is 2. The zero-order valence-corrected chi connectivity index (χ0v) is 15.2. The molecule has 1 N–H and O–H groups in total. The van der Waals surface area contributed by atoms with Crippen molar-refractivity contribution >= 4 is 17.8 Å². The first kappa shape index (κ1) is 18.4. The zero-order chi connectivity index (χ0) is 18.7. The van der Waals surface area contributed by atoms with Gasteiger partial charge in [0.05, 0.1) is 11.3 Å². The summed E-state index contributed by atoms with van der Waals surface area (Å²) in [5, 5.41) is 9.46. The number of benzene rings is 1. The van der Waals surface area contributed by atoms with E-state index in [0.717, 1.165) is 12.8 Å². The summed E-state index contributed by atoms with van der Waals surface area (Å²) in [6.07, 6.45) is 2.83. The molecule has 0 radical (unpaired) electrons. The fourth-order valence-electron chi connectivity index (χ4n) is 3.99. The maximum absolute atomic E-state index is 13.0. The monoisotopic (exact) mass is 358 g/mol. The molecular weight excluding hydrogens is 332 g/mol. The number of hydrogen-bond acceptors (Lipinski definition) is 3. The summed E-state index contributed by atoms with van der Waals surface area (Å²) in [7, 11) is 0. The van der Waals surface area contributed by atoms with Gasteiger partial charge < -0.3 is 14.9 Å². The molecule has 2 amide bonds. The van der Waals surface area contributed by atoms with Crippen molar-refractivity contribution in [3.05, 3.63) is 35.9 Å². The van der Waals surface area contributed by atoms with Crippen LogP contribution < -0.4 is 0 Å². The summed E-state index contributed by atoms with van der Waals surface area (Å²) >= 11 is 0. The highest BCUT2D eigenvalue weighted by atomic mass is 16.4. The van der Waals surface area contributed by atoms with Crippen LogP contribution in [0.3, 0.4) is 0 Å². The van der Waals surface area contributed by atoms with E-state index in [4.69, 9.17) is 0 Å². The van der Waals surface area contributed by atoms with E-state index in [9.17, 15) is 19.5 Å². The first-order valence-electron chi connectivity index (χ1n) is 9.27. The summed E-state index contributed by atoms with van der Waals surface area (Å²) in [6.45, 7) is 3.63. The van der Waals surface area contributed by atoms with Crippen molar-refractivity contribution in [1.29, 1.82) is 0 Å². The van der Waals surface area contributed by atoms with Crippen LogP contribution in [-0.4, -0.2) is 58.9 Å². The number of carbonyl (C=O) groups excluding carboxylic acids is 2. The quantitative estimate of drug-likeness (QED) is 0.899. The summed E-state index contributed by atoms with van der Waals surface area (Å²) in [6, 6.07) is 9.11. The molecule has 6 heteroatoms. The van der Waals surface area contributed by atoms with Crippen molar-refractivity contribution in [3.63, 3.8) is 0 Å². The molecule has 2 saturated heterocycles. The molecule has 2 atom stereocenters. The highest BCUT2D eigenvalue weighted by Crippen LogP contribution is 2.31. The lowest BCUT2D eigenvalue weighted by molar-refractivity contribution is -0.154. The lowest BCUT2D eigenvalue weighted by Gasteiger charge is -2.41. The number of piperidine rings is 2. The third kappa shape index (κ3) is 3.74. The third-order valence-electron chi connectivity index (χ3n) is 5.60. The second-order valence-corrected chi connectivity index (χ2v) is 7.69. The van der Waals surface area contributed by atoms with Gasteiger partial charge in [-0.25, -0.2) is 0 Å². The van der Waals surface area contributed by atoms with E-state index in [-0.39, 0.29) is 24.3 Å². The van der Waals surface area contributed by atoms with Crippen molar-refractivity contribution in [2.45, 2.75) is 32.6 Å². The molecule has 2 unspecified atom stereocenters. The molecule has 3 rings (SSSR count). The predicted molar refractivity (Wildman–Crippen MR) is 96.6 cm³/mol. The Hall–Kier alpha value is -2.37. The van der Waals surface area contributed by atoms with Crippen LogP contribution in [-0.2, 0) is 9.59 Å². The fraction of sp³-hybridized carbons (Fsp3) is 0.550. The summed E-state index contributed by atoms with van der Waals surface area (Å²) in [5.41, 5.74) is -0.237. The Morgan fingerprint density at radius 3 is 2.46 bits per heavy atom. The molecular formula is C20H26N2O4. The van der Waals surface area contributed by atoms with Gasteiger partial charge in [-0.3, -0.25) is 14.4 Å². The van der Waals surface area contributed by atoms with Crippen molar-refractivity contribution in [2.75, 3.05) is 26.2 Å². The molecule has 6 nitrogen and oxygen atoms in total. The molecule has 2 aliphatic rings. The predicted octanol–water partition coefficient (Wildman–Crippen LogP) is 2.25. The minimum absolute atomic E-state index is 0.0114. The van der Waals surface area contributed by atoms with Crippen LogP contribution in [0.2, 0.25) is 0 Å². The third-order valence-corrected chi connectivity index (χ3v) is 5.60. The van der Waals surface area contributed by atoms with E-state index in [2.05, 4.69) is 0 Å². The van der Waals surface area contributed by atoms with Crippen LogP contribution in [0.1, 0.15) is 43.0 Å². The van der Waals surface area contributed by atoms with Crippen molar-refractivity contribution < 1.29 is 19.5 Å². The molecule has 140 valence electrons. The molecule has 2 aliphatic heterocycles. The smallest absolute Gasteiger partial charge is 0.311 e. The number of aliphatic carboxylic acids is 1. The standard InChI is InChI=1S/C20H26N2O4/c1-20(19(25)26)10-6-12-22(14-20)18(24)16-9-5-11-21(13-16)17(23)15-7-3-2-4-8-15/h2-4,7-8,16H,5-6,9-14H2,1H3,(H,25,26). The molecule has 2 fully saturated rings. The molecule has 1 aromatic carbocycles. The van der Waals surface area contributed by atoms with Gasteiger partial charge in [0.25, 0.3) is 5.91 Å². The van der Waals surface area contributed by atoms with Gasteiger partial charge in [-0.05, 0) is 44.7 Å². The number of carbonyl (C=O) groups is 3. The zero-order valence-electron chi connectivity index (χ0n) is 15.2. The van der Waals surface area contributed by atoms with Gasteiger partial charge in [-0.15, -0.1) is 0 Å². The fourth-order valence-corrected chi connectivity index (χ4v) is 3.99. The Bertz CT molecular complexity index is 690. The lowest BCUT2D eigenvalue weighted by Crippen LogP contribution is -2.52. The summed E-state index contributed by atoms with van der Waals surface area (Å²) < 4.78 is 0. The minimum Gasteiger partial charge on any atom is -0.481 e. The van der Waals surface area contributed by atoms with Gasteiger partial charge in [0.15, 0.2) is 0 Å². The Balaban J connectivity index is 1.66. The molecule has 1 aromatic rings. The van der Waals surface area contributed by atoms with Gasteiger partial charge in [0, 0.05) is 31.7 Å². The summed E-state index contributed by atoms with van der Waals surface area (Å²) in [5.74, 6) is -1.15. The number of likely N-dealkylation sites (tertiary alicyclic amines) is 2. The van der Waals surface area contributed by atoms with E-state index in [1.807, 2.05) is 18.2 Å². The SMILES string of the molecule is CC1(C(=O)O)CCCN(C(=O)C2CCCN(C(=O)c3ccccc3)C2)C1. The Morgan fingerprint density at radius 1 is 1.08 bits per heavy atom.